The summed E-state index contributed by atoms with van der Waals surface area (Å²) in [6.45, 7) is 0. The molecule has 0 aliphatic heterocycles. The number of alkyl halides is 3. The monoisotopic (exact) mass is 386 g/mol. The van der Waals surface area contributed by atoms with Crippen molar-refractivity contribution < 1.29 is 17.9 Å². The molecule has 0 atom stereocenters. The van der Waals surface area contributed by atoms with E-state index in [9.17, 15) is 13.2 Å². The maximum Gasteiger partial charge on any atom is 0.451 e. The molecular weight excluding hydrogens is 384 g/mol. The van der Waals surface area contributed by atoms with Crippen LogP contribution in [0.15, 0.2) is 28.7 Å². The number of hydrogen-bond donors (Lipinski definition) is 0. The summed E-state index contributed by atoms with van der Waals surface area (Å²) in [6, 6.07) is 5.62. The molecule has 1 heterocycles. The maximum atomic E-state index is 12.6. The van der Waals surface area contributed by atoms with E-state index >= 15 is 0 Å². The molecule has 0 saturated heterocycles. The van der Waals surface area contributed by atoms with Gasteiger partial charge in [-0.2, -0.15) is 18.2 Å². The summed E-state index contributed by atoms with van der Waals surface area (Å²) in [5.41, 5.74) is 0. The van der Waals surface area contributed by atoms with Gasteiger partial charge >= 0.3 is 6.18 Å². The van der Waals surface area contributed by atoms with Gasteiger partial charge in [0.15, 0.2) is 0 Å². The second-order valence-corrected chi connectivity index (χ2v) is 5.21. The first-order valence-electron chi connectivity index (χ1n) is 5.00. The van der Waals surface area contributed by atoms with E-state index in [0.717, 1.165) is 6.07 Å². The summed E-state index contributed by atoms with van der Waals surface area (Å²) in [5, 5.41) is 0.0772. The highest BCUT2D eigenvalue weighted by Gasteiger charge is 2.35. The molecule has 0 spiro atoms. The highest BCUT2D eigenvalue weighted by Crippen LogP contribution is 2.33. The first-order valence-corrected chi connectivity index (χ1v) is 6.55. The lowest BCUT2D eigenvalue weighted by atomic mass is 10.3. The Morgan fingerprint density at radius 1 is 1.10 bits per heavy atom. The quantitative estimate of drug-likeness (QED) is 0.651. The SMILES string of the molecule is FC(F)(F)c1nc(Cl)cc(Oc2ccc(Cl)cc2Br)n1. The van der Waals surface area contributed by atoms with Crippen LogP contribution in [0.1, 0.15) is 5.82 Å². The standard InChI is InChI=1S/C11H4BrCl2F3N2O/c12-6-3-5(13)1-2-7(6)20-9-4-8(14)18-10(19-9)11(15,16)17/h1-4H. The van der Waals surface area contributed by atoms with E-state index in [0.29, 0.717) is 9.50 Å². The van der Waals surface area contributed by atoms with Gasteiger partial charge in [-0.05, 0) is 34.1 Å². The van der Waals surface area contributed by atoms with Crippen molar-refractivity contribution in [1.29, 1.82) is 0 Å². The van der Waals surface area contributed by atoms with Gasteiger partial charge < -0.3 is 4.74 Å². The largest absolute Gasteiger partial charge is 0.451 e. The third kappa shape index (κ3) is 3.74. The van der Waals surface area contributed by atoms with E-state index in [2.05, 4.69) is 25.9 Å². The first kappa shape index (κ1) is 15.3. The molecule has 0 aliphatic carbocycles. The van der Waals surface area contributed by atoms with Crippen molar-refractivity contribution in [3.05, 3.63) is 44.7 Å². The molecule has 0 bridgehead atoms. The zero-order chi connectivity index (χ0) is 14.9. The molecule has 106 valence electrons. The van der Waals surface area contributed by atoms with Crippen LogP contribution in [0, 0.1) is 0 Å². The molecule has 0 amide bonds. The molecule has 0 fully saturated rings. The van der Waals surface area contributed by atoms with Crippen molar-refractivity contribution in [2.24, 2.45) is 0 Å². The molecule has 1 aromatic carbocycles. The van der Waals surface area contributed by atoms with Crippen LogP contribution in [-0.4, -0.2) is 9.97 Å². The lowest BCUT2D eigenvalue weighted by Crippen LogP contribution is -2.11. The number of halogens is 6. The molecule has 3 nitrogen and oxygen atoms in total. The normalized spacial score (nSPS) is 11.5. The third-order valence-electron chi connectivity index (χ3n) is 2.03. The summed E-state index contributed by atoms with van der Waals surface area (Å²) in [6.07, 6.45) is -4.71. The number of benzene rings is 1. The van der Waals surface area contributed by atoms with Gasteiger partial charge in [-0.3, -0.25) is 0 Å². The number of rotatable bonds is 2. The molecular formula is C11H4BrCl2F3N2O. The minimum Gasteiger partial charge on any atom is -0.438 e. The molecule has 0 N–H and O–H groups in total. The van der Waals surface area contributed by atoms with Crippen molar-refractivity contribution in [3.8, 4) is 11.6 Å². The van der Waals surface area contributed by atoms with Gasteiger partial charge in [0.25, 0.3) is 0 Å². The molecule has 9 heteroatoms. The third-order valence-corrected chi connectivity index (χ3v) is 3.08. The van der Waals surface area contributed by atoms with Gasteiger partial charge in [0.2, 0.25) is 11.7 Å². The van der Waals surface area contributed by atoms with Crippen molar-refractivity contribution in [2.45, 2.75) is 6.18 Å². The van der Waals surface area contributed by atoms with Crippen LogP contribution in [-0.2, 0) is 6.18 Å². The van der Waals surface area contributed by atoms with Crippen LogP contribution >= 0.6 is 39.1 Å². The number of hydrogen-bond acceptors (Lipinski definition) is 3. The fraction of sp³-hybridized carbons (Fsp3) is 0.0909. The number of aromatic nitrogens is 2. The Labute approximate surface area is 129 Å². The second-order valence-electron chi connectivity index (χ2n) is 3.53. The Hall–Kier alpha value is -1.05. The van der Waals surface area contributed by atoms with Crippen molar-refractivity contribution in [1.82, 2.24) is 9.97 Å². The zero-order valence-corrected chi connectivity index (χ0v) is 12.5. The smallest absolute Gasteiger partial charge is 0.438 e. The summed E-state index contributed by atoms with van der Waals surface area (Å²) >= 11 is 14.4. The average Bonchev–Trinajstić information content (AvgIpc) is 2.31. The summed E-state index contributed by atoms with van der Waals surface area (Å²) in [5.74, 6) is -1.44. The molecule has 20 heavy (non-hydrogen) atoms. The van der Waals surface area contributed by atoms with Crippen LogP contribution in [0.4, 0.5) is 13.2 Å². The molecule has 2 aromatic rings. The van der Waals surface area contributed by atoms with Crippen molar-refractivity contribution in [2.75, 3.05) is 0 Å². The minimum absolute atomic E-state index is 0.247. The lowest BCUT2D eigenvalue weighted by molar-refractivity contribution is -0.145. The fourth-order valence-electron chi connectivity index (χ4n) is 1.25. The van der Waals surface area contributed by atoms with E-state index in [1.807, 2.05) is 0 Å². The Bertz CT molecular complexity index is 652. The highest BCUT2D eigenvalue weighted by molar-refractivity contribution is 9.10. The van der Waals surface area contributed by atoms with E-state index in [1.54, 1.807) is 0 Å². The Morgan fingerprint density at radius 3 is 2.40 bits per heavy atom. The van der Waals surface area contributed by atoms with E-state index in [1.165, 1.54) is 18.2 Å². The van der Waals surface area contributed by atoms with Gasteiger partial charge in [0.05, 0.1) is 4.47 Å². The number of nitrogens with zero attached hydrogens (tertiary/aromatic N) is 2. The Kier molecular flexibility index (Phi) is 4.41. The Balaban J connectivity index is 2.36. The first-order chi connectivity index (χ1) is 9.25. The van der Waals surface area contributed by atoms with Crippen LogP contribution in [0.3, 0.4) is 0 Å². The maximum absolute atomic E-state index is 12.6. The summed E-state index contributed by atoms with van der Waals surface area (Å²) < 4.78 is 43.4. The van der Waals surface area contributed by atoms with Crippen LogP contribution in [0.2, 0.25) is 10.2 Å². The van der Waals surface area contributed by atoms with E-state index in [-0.39, 0.29) is 16.8 Å². The minimum atomic E-state index is -4.71. The molecule has 1 aromatic heterocycles. The van der Waals surface area contributed by atoms with Gasteiger partial charge in [-0.25, -0.2) is 4.98 Å². The molecule has 0 radical (unpaired) electrons. The van der Waals surface area contributed by atoms with Gasteiger partial charge in [-0.1, -0.05) is 23.2 Å². The van der Waals surface area contributed by atoms with Gasteiger partial charge in [0, 0.05) is 11.1 Å². The molecule has 0 unspecified atom stereocenters. The number of ether oxygens (including phenoxy) is 1. The van der Waals surface area contributed by atoms with Crippen molar-refractivity contribution >= 4 is 39.1 Å². The predicted molar refractivity (Wildman–Crippen MR) is 71.3 cm³/mol. The van der Waals surface area contributed by atoms with Crippen LogP contribution in [0.5, 0.6) is 11.6 Å². The van der Waals surface area contributed by atoms with E-state index in [4.69, 9.17) is 27.9 Å². The lowest BCUT2D eigenvalue weighted by Gasteiger charge is -2.10. The van der Waals surface area contributed by atoms with Gasteiger partial charge in [0.1, 0.15) is 10.9 Å². The zero-order valence-electron chi connectivity index (χ0n) is 9.38. The fourth-order valence-corrected chi connectivity index (χ4v) is 2.18. The van der Waals surface area contributed by atoms with Gasteiger partial charge in [-0.15, -0.1) is 0 Å². The Morgan fingerprint density at radius 2 is 1.80 bits per heavy atom. The summed E-state index contributed by atoms with van der Waals surface area (Å²) in [7, 11) is 0. The second kappa shape index (κ2) is 5.75. The average molecular weight is 388 g/mol. The summed E-state index contributed by atoms with van der Waals surface area (Å²) in [4.78, 5) is 6.37. The van der Waals surface area contributed by atoms with E-state index < -0.39 is 12.0 Å². The van der Waals surface area contributed by atoms with Crippen LogP contribution < -0.4 is 4.74 Å². The molecule has 0 aliphatic rings. The molecule has 2 rings (SSSR count). The van der Waals surface area contributed by atoms with Crippen LogP contribution in [0.25, 0.3) is 0 Å². The van der Waals surface area contributed by atoms with Crippen molar-refractivity contribution in [3.63, 3.8) is 0 Å². The molecule has 0 saturated carbocycles. The topological polar surface area (TPSA) is 35.0 Å². The predicted octanol–water partition coefficient (Wildman–Crippen LogP) is 5.36. The highest BCUT2D eigenvalue weighted by atomic mass is 79.9.